The normalized spacial score (nSPS) is 12.9. The number of aromatic nitrogens is 1. The summed E-state index contributed by atoms with van der Waals surface area (Å²) in [5.74, 6) is -2.28. The molecule has 1 aromatic heterocycles. The van der Waals surface area contributed by atoms with Gasteiger partial charge in [0.15, 0.2) is 5.92 Å². The fourth-order valence-electron chi connectivity index (χ4n) is 1.33. The number of hydrogen-bond acceptors (Lipinski definition) is 6. The topological polar surface area (TPSA) is 65.5 Å². The number of methoxy groups -OCH3 is 1. The zero-order valence-electron chi connectivity index (χ0n) is 11.2. The minimum Gasteiger partial charge on any atom is -0.468 e. The van der Waals surface area contributed by atoms with Crippen molar-refractivity contribution in [3.63, 3.8) is 0 Å². The zero-order chi connectivity index (χ0) is 14.6. The molecule has 0 bridgehead atoms. The van der Waals surface area contributed by atoms with Gasteiger partial charge >= 0.3 is 11.9 Å². The number of ether oxygens (including phenoxy) is 2. The summed E-state index contributed by atoms with van der Waals surface area (Å²) in [6.45, 7) is 5.21. The van der Waals surface area contributed by atoms with Crippen molar-refractivity contribution in [1.29, 1.82) is 0 Å². The predicted molar refractivity (Wildman–Crippen MR) is 72.2 cm³/mol. The maximum Gasteiger partial charge on any atom is 0.321 e. The molecule has 0 aromatic carbocycles. The van der Waals surface area contributed by atoms with Crippen LogP contribution < -0.4 is 0 Å². The minimum atomic E-state index is -1.02. The summed E-state index contributed by atoms with van der Waals surface area (Å²) in [7, 11) is 1.23. The van der Waals surface area contributed by atoms with Gasteiger partial charge in [-0.2, -0.15) is 0 Å². The van der Waals surface area contributed by atoms with E-state index in [1.165, 1.54) is 18.4 Å². The van der Waals surface area contributed by atoms with Gasteiger partial charge in [-0.1, -0.05) is 11.6 Å². The van der Waals surface area contributed by atoms with E-state index >= 15 is 0 Å². The maximum absolute atomic E-state index is 12.0. The van der Waals surface area contributed by atoms with Crippen LogP contribution in [0.25, 0.3) is 0 Å². The van der Waals surface area contributed by atoms with E-state index in [0.29, 0.717) is 10.2 Å². The van der Waals surface area contributed by atoms with E-state index in [-0.39, 0.29) is 6.42 Å². The molecular formula is C12H16ClNO4S. The highest BCUT2D eigenvalue weighted by Crippen LogP contribution is 2.21. The van der Waals surface area contributed by atoms with Gasteiger partial charge in [0.2, 0.25) is 0 Å². The molecule has 0 fully saturated rings. The summed E-state index contributed by atoms with van der Waals surface area (Å²) in [6.07, 6.45) is 0.124. The number of nitrogens with zero attached hydrogens (tertiary/aromatic N) is 1. The van der Waals surface area contributed by atoms with Crippen LogP contribution in [0.2, 0.25) is 5.15 Å². The van der Waals surface area contributed by atoms with E-state index in [0.717, 1.165) is 0 Å². The Morgan fingerprint density at radius 1 is 1.42 bits per heavy atom. The van der Waals surface area contributed by atoms with Crippen molar-refractivity contribution in [2.45, 2.75) is 32.8 Å². The Balaban J connectivity index is 2.83. The lowest BCUT2D eigenvalue weighted by Gasteiger charge is -2.22. The van der Waals surface area contributed by atoms with Gasteiger partial charge in [0.05, 0.1) is 12.1 Å². The van der Waals surface area contributed by atoms with E-state index in [1.54, 1.807) is 26.2 Å². The first-order chi connectivity index (χ1) is 8.73. The average molecular weight is 306 g/mol. The number of hydrogen-bond donors (Lipinski definition) is 0. The van der Waals surface area contributed by atoms with Gasteiger partial charge in [-0.15, -0.1) is 11.3 Å². The molecule has 0 N–H and O–H groups in total. The Kier molecular flexibility index (Phi) is 5.31. The van der Waals surface area contributed by atoms with E-state index in [4.69, 9.17) is 16.3 Å². The second-order valence-corrected chi connectivity index (χ2v) is 6.21. The van der Waals surface area contributed by atoms with Crippen LogP contribution in [0.3, 0.4) is 0 Å². The van der Waals surface area contributed by atoms with Gasteiger partial charge in [-0.3, -0.25) is 9.59 Å². The average Bonchev–Trinajstić information content (AvgIpc) is 2.68. The highest BCUT2D eigenvalue weighted by molar-refractivity contribution is 7.10. The number of esters is 2. The molecule has 0 saturated heterocycles. The Bertz CT molecular complexity index is 467. The van der Waals surface area contributed by atoms with E-state index in [2.05, 4.69) is 9.72 Å². The van der Waals surface area contributed by atoms with E-state index in [1.807, 2.05) is 0 Å². The molecule has 0 aliphatic carbocycles. The zero-order valence-corrected chi connectivity index (χ0v) is 12.8. The molecular weight excluding hydrogens is 290 g/mol. The number of carbonyl (C=O) groups is 2. The first kappa shape index (κ1) is 15.9. The maximum atomic E-state index is 12.0. The summed E-state index contributed by atoms with van der Waals surface area (Å²) < 4.78 is 9.84. The van der Waals surface area contributed by atoms with Crippen LogP contribution in [-0.2, 0) is 25.5 Å². The molecule has 19 heavy (non-hydrogen) atoms. The summed E-state index contributed by atoms with van der Waals surface area (Å²) in [4.78, 5) is 27.7. The molecule has 0 amide bonds. The lowest BCUT2D eigenvalue weighted by Crippen LogP contribution is -2.34. The molecule has 0 spiro atoms. The van der Waals surface area contributed by atoms with Crippen LogP contribution in [0.5, 0.6) is 0 Å². The van der Waals surface area contributed by atoms with Crippen LogP contribution in [0.4, 0.5) is 0 Å². The third kappa shape index (κ3) is 5.16. The quantitative estimate of drug-likeness (QED) is 0.631. The smallest absolute Gasteiger partial charge is 0.321 e. The van der Waals surface area contributed by atoms with Crippen LogP contribution in [0, 0.1) is 5.92 Å². The van der Waals surface area contributed by atoms with Gasteiger partial charge in [0.1, 0.15) is 10.8 Å². The summed E-state index contributed by atoms with van der Waals surface area (Å²) >= 11 is 6.99. The van der Waals surface area contributed by atoms with Crippen molar-refractivity contribution in [2.24, 2.45) is 5.92 Å². The van der Waals surface area contributed by atoms with Gasteiger partial charge in [0, 0.05) is 11.8 Å². The van der Waals surface area contributed by atoms with Crippen molar-refractivity contribution in [1.82, 2.24) is 4.98 Å². The van der Waals surface area contributed by atoms with Crippen LogP contribution in [-0.4, -0.2) is 29.6 Å². The van der Waals surface area contributed by atoms with Crippen molar-refractivity contribution in [3.05, 3.63) is 15.5 Å². The van der Waals surface area contributed by atoms with Crippen LogP contribution in [0.15, 0.2) is 5.38 Å². The fraction of sp³-hybridized carbons (Fsp3) is 0.583. The number of halogens is 1. The third-order valence-corrected chi connectivity index (χ3v) is 3.27. The molecule has 0 saturated carbocycles. The third-order valence-electron chi connectivity index (χ3n) is 2.08. The number of thiazole rings is 1. The summed E-state index contributed by atoms with van der Waals surface area (Å²) in [5, 5.41) is 2.57. The fourth-order valence-corrected chi connectivity index (χ4v) is 2.32. The molecule has 0 aliphatic heterocycles. The predicted octanol–water partition coefficient (Wildman–Crippen LogP) is 2.47. The Morgan fingerprint density at radius 2 is 2.05 bits per heavy atom. The highest BCUT2D eigenvalue weighted by Gasteiger charge is 2.33. The summed E-state index contributed by atoms with van der Waals surface area (Å²) in [5.41, 5.74) is -0.663. The molecule has 1 heterocycles. The first-order valence-corrected chi connectivity index (χ1v) is 6.89. The van der Waals surface area contributed by atoms with Crippen molar-refractivity contribution >= 4 is 34.9 Å². The lowest BCUT2D eigenvalue weighted by molar-refractivity contribution is -0.168. The minimum absolute atomic E-state index is 0.124. The monoisotopic (exact) mass is 305 g/mol. The second-order valence-electron chi connectivity index (χ2n) is 4.88. The molecule has 1 unspecified atom stereocenters. The second kappa shape index (κ2) is 6.34. The largest absolute Gasteiger partial charge is 0.468 e. The Morgan fingerprint density at radius 3 is 2.47 bits per heavy atom. The molecule has 1 atom stereocenters. The number of rotatable bonds is 4. The molecule has 106 valence electrons. The van der Waals surface area contributed by atoms with Gasteiger partial charge in [-0.25, -0.2) is 4.98 Å². The van der Waals surface area contributed by atoms with Crippen molar-refractivity contribution < 1.29 is 19.1 Å². The van der Waals surface area contributed by atoms with Crippen molar-refractivity contribution in [2.75, 3.05) is 7.11 Å². The van der Waals surface area contributed by atoms with E-state index in [9.17, 15) is 9.59 Å². The SMILES string of the molecule is COC(=O)C(Cc1nc(Cl)cs1)C(=O)OC(C)(C)C. The standard InChI is InChI=1S/C12H16ClNO4S/c1-12(2,3)18-11(16)7(10(15)17-4)5-9-14-8(13)6-19-9/h6-7H,5H2,1-4H3. The molecule has 1 rings (SSSR count). The number of carbonyl (C=O) groups excluding carboxylic acids is 2. The summed E-state index contributed by atoms with van der Waals surface area (Å²) in [6, 6.07) is 0. The van der Waals surface area contributed by atoms with E-state index < -0.39 is 23.5 Å². The Hall–Kier alpha value is -1.14. The van der Waals surface area contributed by atoms with Gasteiger partial charge in [0.25, 0.3) is 0 Å². The van der Waals surface area contributed by atoms with Crippen LogP contribution >= 0.6 is 22.9 Å². The molecule has 0 radical (unpaired) electrons. The molecule has 7 heteroatoms. The molecule has 0 aliphatic rings. The molecule has 5 nitrogen and oxygen atoms in total. The molecule has 1 aromatic rings. The lowest BCUT2D eigenvalue weighted by atomic mass is 10.1. The van der Waals surface area contributed by atoms with Crippen LogP contribution in [0.1, 0.15) is 25.8 Å². The van der Waals surface area contributed by atoms with Crippen molar-refractivity contribution in [3.8, 4) is 0 Å². The van der Waals surface area contributed by atoms with Gasteiger partial charge in [-0.05, 0) is 20.8 Å². The Labute approximate surface area is 120 Å². The first-order valence-electron chi connectivity index (χ1n) is 5.63. The highest BCUT2D eigenvalue weighted by atomic mass is 35.5. The van der Waals surface area contributed by atoms with Gasteiger partial charge < -0.3 is 9.47 Å².